The van der Waals surface area contributed by atoms with Crippen LogP contribution < -0.4 is 5.32 Å². The summed E-state index contributed by atoms with van der Waals surface area (Å²) in [5.41, 5.74) is 0. The lowest BCUT2D eigenvalue weighted by atomic mass is 10.2. The number of halogens is 3. The van der Waals surface area contributed by atoms with Crippen LogP contribution in [-0.4, -0.2) is 36.0 Å². The third-order valence-electron chi connectivity index (χ3n) is 1.23. The van der Waals surface area contributed by atoms with Crippen molar-refractivity contribution >= 4 is 11.9 Å². The maximum atomic E-state index is 13.1. The number of alkyl halides is 3. The van der Waals surface area contributed by atoms with Crippen LogP contribution in [0.2, 0.25) is 0 Å². The molecule has 5 nitrogen and oxygen atoms in total. The van der Waals surface area contributed by atoms with Gasteiger partial charge in [-0.3, -0.25) is 4.79 Å². The third-order valence-corrected chi connectivity index (χ3v) is 1.23. The first-order valence-corrected chi connectivity index (χ1v) is 3.31. The van der Waals surface area contributed by atoms with Crippen LogP contribution in [0.4, 0.5) is 13.2 Å². The Hall–Kier alpha value is -1.31. The van der Waals surface area contributed by atoms with Crippen molar-refractivity contribution in [2.75, 3.05) is 7.11 Å². The van der Waals surface area contributed by atoms with E-state index in [4.69, 9.17) is 5.11 Å². The first kappa shape index (κ1) is 12.7. The predicted octanol–water partition coefficient (Wildman–Crippen LogP) is -0.454. The van der Waals surface area contributed by atoms with E-state index in [1.807, 2.05) is 0 Å². The zero-order valence-corrected chi connectivity index (χ0v) is 7.31. The van der Waals surface area contributed by atoms with Crippen LogP contribution in [0.15, 0.2) is 0 Å². The lowest BCUT2D eigenvalue weighted by Crippen LogP contribution is -2.62. The van der Waals surface area contributed by atoms with Crippen LogP contribution in [-0.2, 0) is 14.3 Å². The van der Waals surface area contributed by atoms with Crippen molar-refractivity contribution in [3.05, 3.63) is 0 Å². The topological polar surface area (TPSA) is 75.6 Å². The van der Waals surface area contributed by atoms with Crippen LogP contribution in [0.5, 0.6) is 0 Å². The highest BCUT2D eigenvalue weighted by atomic mass is 19.3. The Labute approximate surface area is 76.8 Å². The first-order valence-electron chi connectivity index (χ1n) is 3.31. The molecular weight excluding hydrogens is 207 g/mol. The highest BCUT2D eigenvalue weighted by Crippen LogP contribution is 2.28. The molecule has 0 aromatic rings. The molecule has 0 unspecified atom stereocenters. The average molecular weight is 215 g/mol. The van der Waals surface area contributed by atoms with E-state index in [0.717, 1.165) is 5.32 Å². The molecule has 8 heteroatoms. The molecule has 0 heterocycles. The molecule has 0 aliphatic rings. The second-order valence-electron chi connectivity index (χ2n) is 2.37. The number of ether oxygens (including phenoxy) is 1. The Morgan fingerprint density at radius 1 is 1.36 bits per heavy atom. The molecule has 82 valence electrons. The Bertz CT molecular complexity index is 252. The van der Waals surface area contributed by atoms with E-state index in [-0.39, 0.29) is 0 Å². The van der Waals surface area contributed by atoms with Gasteiger partial charge in [0.2, 0.25) is 5.91 Å². The quantitative estimate of drug-likeness (QED) is 0.493. The summed E-state index contributed by atoms with van der Waals surface area (Å²) in [5, 5.41) is 9.03. The van der Waals surface area contributed by atoms with Crippen molar-refractivity contribution in [3.63, 3.8) is 0 Å². The maximum Gasteiger partial charge on any atom is 0.417 e. The van der Waals surface area contributed by atoms with Gasteiger partial charge in [0.25, 0.3) is 0 Å². The smallest absolute Gasteiger partial charge is 0.417 e. The number of esters is 1. The number of amides is 1. The Morgan fingerprint density at radius 3 is 2.00 bits per heavy atom. The molecular formula is C6H8F3NO4. The van der Waals surface area contributed by atoms with Gasteiger partial charge in [-0.25, -0.2) is 4.79 Å². The molecule has 1 amide bonds. The molecule has 0 radical (unpaired) electrons. The summed E-state index contributed by atoms with van der Waals surface area (Å²) < 4.78 is 41.3. The van der Waals surface area contributed by atoms with E-state index < -0.39 is 23.8 Å². The Morgan fingerprint density at radius 2 is 1.79 bits per heavy atom. The van der Waals surface area contributed by atoms with E-state index >= 15 is 0 Å². The Kier molecular flexibility index (Phi) is 3.47. The van der Waals surface area contributed by atoms with Crippen LogP contribution in [0.25, 0.3) is 0 Å². The minimum atomic E-state index is -5.06. The Balaban J connectivity index is 5.05. The summed E-state index contributed by atoms with van der Waals surface area (Å²) in [7, 11) is 0.629. The predicted molar refractivity (Wildman–Crippen MR) is 36.8 cm³/mol. The highest BCUT2D eigenvalue weighted by molar-refractivity contribution is 5.86. The van der Waals surface area contributed by atoms with Crippen LogP contribution in [0, 0.1) is 0 Å². The van der Waals surface area contributed by atoms with Crippen molar-refractivity contribution in [1.82, 2.24) is 5.32 Å². The molecule has 14 heavy (non-hydrogen) atoms. The lowest BCUT2D eigenvalue weighted by molar-refractivity contribution is -0.287. The SMILES string of the molecule is COC(=O)[C@@](F)(NC(C)=O)C(O)(F)F. The molecule has 0 aliphatic heterocycles. The molecule has 0 aromatic carbocycles. The standard InChI is InChI=1S/C6H8F3NO4/c1-3(11)10-5(7,4(12)14-2)6(8,9)13/h13H,1-2H3,(H,10,11)/t5-/m1/s1. The van der Waals surface area contributed by atoms with Gasteiger partial charge in [-0.2, -0.15) is 13.2 Å². The number of methoxy groups -OCH3 is 1. The second-order valence-corrected chi connectivity index (χ2v) is 2.37. The summed E-state index contributed by atoms with van der Waals surface area (Å²) in [5.74, 6) is -7.63. The van der Waals surface area contributed by atoms with Crippen molar-refractivity contribution in [3.8, 4) is 0 Å². The molecule has 2 N–H and O–H groups in total. The number of hydrogen-bond acceptors (Lipinski definition) is 4. The summed E-state index contributed by atoms with van der Waals surface area (Å²) in [6, 6.07) is 0. The van der Waals surface area contributed by atoms with Crippen LogP contribution >= 0.6 is 0 Å². The highest BCUT2D eigenvalue weighted by Gasteiger charge is 2.62. The molecule has 0 aliphatic carbocycles. The normalized spacial score (nSPS) is 15.6. The summed E-state index contributed by atoms with van der Waals surface area (Å²) in [6.07, 6.45) is -5.06. The third kappa shape index (κ3) is 2.34. The largest absolute Gasteiger partial charge is 0.465 e. The fourth-order valence-corrected chi connectivity index (χ4v) is 0.632. The summed E-state index contributed by atoms with van der Waals surface area (Å²) in [4.78, 5) is 20.9. The molecule has 0 fully saturated rings. The van der Waals surface area contributed by atoms with E-state index in [2.05, 4.69) is 4.74 Å². The average Bonchev–Trinajstić information content (AvgIpc) is 1.99. The summed E-state index contributed by atoms with van der Waals surface area (Å²) >= 11 is 0. The lowest BCUT2D eigenvalue weighted by Gasteiger charge is -2.26. The number of carbonyl (C=O) groups is 2. The van der Waals surface area contributed by atoms with Gasteiger partial charge in [-0.15, -0.1) is 0 Å². The van der Waals surface area contributed by atoms with Crippen LogP contribution in [0.3, 0.4) is 0 Å². The van der Waals surface area contributed by atoms with E-state index in [1.165, 1.54) is 0 Å². The summed E-state index contributed by atoms with van der Waals surface area (Å²) in [6.45, 7) is 0.697. The number of hydrogen-bond donors (Lipinski definition) is 2. The minimum Gasteiger partial charge on any atom is -0.465 e. The van der Waals surface area contributed by atoms with Gasteiger partial charge in [0.1, 0.15) is 0 Å². The second kappa shape index (κ2) is 3.82. The van der Waals surface area contributed by atoms with Crippen LogP contribution in [0.1, 0.15) is 6.92 Å². The zero-order chi connectivity index (χ0) is 11.6. The van der Waals surface area contributed by atoms with Gasteiger partial charge < -0.3 is 15.2 Å². The monoisotopic (exact) mass is 215 g/mol. The molecule has 0 aromatic heterocycles. The van der Waals surface area contributed by atoms with Crippen molar-refractivity contribution in [2.45, 2.75) is 18.8 Å². The number of aliphatic hydroxyl groups is 1. The molecule has 0 saturated carbocycles. The minimum absolute atomic E-state index is 0.629. The fraction of sp³-hybridized carbons (Fsp3) is 0.667. The number of rotatable bonds is 3. The molecule has 0 rings (SSSR count). The molecule has 0 spiro atoms. The van der Waals surface area contributed by atoms with Gasteiger partial charge in [0, 0.05) is 6.92 Å². The van der Waals surface area contributed by atoms with E-state index in [0.29, 0.717) is 14.0 Å². The molecule has 0 saturated heterocycles. The van der Waals surface area contributed by atoms with Gasteiger partial charge in [0.05, 0.1) is 7.11 Å². The fourth-order valence-electron chi connectivity index (χ4n) is 0.632. The van der Waals surface area contributed by atoms with E-state index in [9.17, 15) is 22.8 Å². The number of carbonyl (C=O) groups excluding carboxylic acids is 2. The van der Waals surface area contributed by atoms with Crippen molar-refractivity contribution < 1.29 is 32.6 Å². The maximum absolute atomic E-state index is 13.1. The zero-order valence-electron chi connectivity index (χ0n) is 7.31. The van der Waals surface area contributed by atoms with E-state index in [1.54, 1.807) is 0 Å². The number of nitrogens with one attached hydrogen (secondary N) is 1. The molecule has 0 bridgehead atoms. The van der Waals surface area contributed by atoms with Gasteiger partial charge >= 0.3 is 17.9 Å². The van der Waals surface area contributed by atoms with Gasteiger partial charge in [-0.1, -0.05) is 0 Å². The van der Waals surface area contributed by atoms with Crippen molar-refractivity contribution in [1.29, 1.82) is 0 Å². The molecule has 1 atom stereocenters. The van der Waals surface area contributed by atoms with Gasteiger partial charge in [0.15, 0.2) is 0 Å². The van der Waals surface area contributed by atoms with Crippen molar-refractivity contribution in [2.24, 2.45) is 0 Å². The van der Waals surface area contributed by atoms with Gasteiger partial charge in [-0.05, 0) is 0 Å². The first-order chi connectivity index (χ1) is 6.15.